The van der Waals surface area contributed by atoms with Gasteiger partial charge in [-0.1, -0.05) is 6.07 Å². The second-order valence-corrected chi connectivity index (χ2v) is 6.82. The summed E-state index contributed by atoms with van der Waals surface area (Å²) < 4.78 is 0. The summed E-state index contributed by atoms with van der Waals surface area (Å²) in [6, 6.07) is 11.0. The first kappa shape index (κ1) is 17.4. The number of rotatable bonds is 3. The van der Waals surface area contributed by atoms with Gasteiger partial charge in [-0.3, -0.25) is 9.78 Å². The number of likely N-dealkylation sites (N-methyl/N-ethyl adjacent to an activating group) is 1. The molecule has 1 N–H and O–H groups in total. The first-order valence-electron chi connectivity index (χ1n) is 9.04. The molecule has 1 fully saturated rings. The predicted octanol–water partition coefficient (Wildman–Crippen LogP) is 2.34. The number of nitrogens with one attached hydrogen (secondary N) is 1. The molecule has 0 saturated carbocycles. The molecule has 0 atom stereocenters. The van der Waals surface area contributed by atoms with Crippen LogP contribution in [0.5, 0.6) is 0 Å². The quantitative estimate of drug-likeness (QED) is 0.771. The summed E-state index contributed by atoms with van der Waals surface area (Å²) in [6.45, 7) is 5.92. The van der Waals surface area contributed by atoms with Crippen molar-refractivity contribution in [3.8, 4) is 0 Å². The molecular formula is C20H22N6O. The van der Waals surface area contributed by atoms with Crippen LogP contribution in [0.1, 0.15) is 16.1 Å². The minimum absolute atomic E-state index is 0.276. The van der Waals surface area contributed by atoms with Crippen molar-refractivity contribution < 1.29 is 4.79 Å². The monoisotopic (exact) mass is 362 g/mol. The van der Waals surface area contributed by atoms with E-state index in [1.165, 1.54) is 0 Å². The number of anilines is 2. The predicted molar refractivity (Wildman–Crippen MR) is 106 cm³/mol. The average molecular weight is 362 g/mol. The van der Waals surface area contributed by atoms with Crippen molar-refractivity contribution in [2.75, 3.05) is 43.4 Å². The third-order valence-corrected chi connectivity index (χ3v) is 4.80. The van der Waals surface area contributed by atoms with E-state index in [0.29, 0.717) is 17.0 Å². The van der Waals surface area contributed by atoms with Crippen LogP contribution in [0.15, 0.2) is 42.6 Å². The van der Waals surface area contributed by atoms with Crippen LogP contribution in [-0.2, 0) is 0 Å². The van der Waals surface area contributed by atoms with Gasteiger partial charge >= 0.3 is 0 Å². The Hall–Kier alpha value is -3.06. The highest BCUT2D eigenvalue weighted by molar-refractivity contribution is 6.03. The third kappa shape index (κ3) is 3.73. The Bertz CT molecular complexity index is 981. The highest BCUT2D eigenvalue weighted by Crippen LogP contribution is 2.21. The smallest absolute Gasteiger partial charge is 0.275 e. The Morgan fingerprint density at radius 1 is 1.00 bits per heavy atom. The molecule has 0 aromatic carbocycles. The minimum Gasteiger partial charge on any atom is -0.354 e. The van der Waals surface area contributed by atoms with E-state index in [1.54, 1.807) is 24.4 Å². The molecule has 0 radical (unpaired) electrons. The number of aryl methyl sites for hydroxylation is 1. The van der Waals surface area contributed by atoms with Gasteiger partial charge in [-0.2, -0.15) is 0 Å². The zero-order chi connectivity index (χ0) is 18.8. The highest BCUT2D eigenvalue weighted by Gasteiger charge is 2.18. The number of hydrogen-bond acceptors (Lipinski definition) is 6. The summed E-state index contributed by atoms with van der Waals surface area (Å²) in [5.74, 6) is 1.19. The first-order valence-corrected chi connectivity index (χ1v) is 9.04. The standard InChI is InChI=1S/C20H22N6O/c1-14-5-8-18(23-19(14)26-12-10-25(2)11-13-26)24-20(27)17-7-6-15-16(22-17)4-3-9-21-15/h3-9H,10-13H2,1-2H3,(H,23,24,27). The van der Waals surface area contributed by atoms with Gasteiger partial charge in [-0.25, -0.2) is 9.97 Å². The molecule has 4 heterocycles. The largest absolute Gasteiger partial charge is 0.354 e. The zero-order valence-corrected chi connectivity index (χ0v) is 15.5. The van der Waals surface area contributed by atoms with Crippen LogP contribution >= 0.6 is 0 Å². The number of fused-ring (bicyclic) bond motifs is 1. The third-order valence-electron chi connectivity index (χ3n) is 4.80. The molecular weight excluding hydrogens is 340 g/mol. The van der Waals surface area contributed by atoms with Crippen molar-refractivity contribution >= 4 is 28.6 Å². The van der Waals surface area contributed by atoms with E-state index < -0.39 is 0 Å². The molecule has 0 bridgehead atoms. The van der Waals surface area contributed by atoms with Crippen molar-refractivity contribution in [1.82, 2.24) is 19.9 Å². The van der Waals surface area contributed by atoms with Gasteiger partial charge in [0.1, 0.15) is 17.3 Å². The van der Waals surface area contributed by atoms with Crippen molar-refractivity contribution in [3.05, 3.63) is 53.9 Å². The van der Waals surface area contributed by atoms with Gasteiger partial charge in [0.2, 0.25) is 0 Å². The fourth-order valence-corrected chi connectivity index (χ4v) is 3.19. The normalized spacial score (nSPS) is 15.1. The van der Waals surface area contributed by atoms with Gasteiger partial charge in [0.25, 0.3) is 5.91 Å². The van der Waals surface area contributed by atoms with Crippen molar-refractivity contribution in [2.24, 2.45) is 0 Å². The van der Waals surface area contributed by atoms with Crippen molar-refractivity contribution in [3.63, 3.8) is 0 Å². The van der Waals surface area contributed by atoms with Crippen LogP contribution in [0.25, 0.3) is 11.0 Å². The number of nitrogens with zero attached hydrogens (tertiary/aromatic N) is 5. The fourth-order valence-electron chi connectivity index (χ4n) is 3.19. The zero-order valence-electron chi connectivity index (χ0n) is 15.5. The van der Waals surface area contributed by atoms with E-state index in [4.69, 9.17) is 0 Å². The van der Waals surface area contributed by atoms with Gasteiger partial charge in [0.05, 0.1) is 11.0 Å². The Labute approximate surface area is 158 Å². The van der Waals surface area contributed by atoms with Crippen LogP contribution in [-0.4, -0.2) is 59.0 Å². The Balaban J connectivity index is 1.54. The molecule has 0 aliphatic carbocycles. The van der Waals surface area contributed by atoms with E-state index in [0.717, 1.165) is 43.1 Å². The topological polar surface area (TPSA) is 74.2 Å². The van der Waals surface area contributed by atoms with E-state index in [-0.39, 0.29) is 5.91 Å². The van der Waals surface area contributed by atoms with E-state index in [2.05, 4.69) is 37.1 Å². The molecule has 1 aliphatic rings. The molecule has 7 heteroatoms. The Morgan fingerprint density at radius 3 is 2.63 bits per heavy atom. The van der Waals surface area contributed by atoms with E-state index in [9.17, 15) is 4.79 Å². The maximum absolute atomic E-state index is 12.6. The molecule has 4 rings (SSSR count). The summed E-state index contributed by atoms with van der Waals surface area (Å²) in [5, 5.41) is 2.87. The molecule has 1 saturated heterocycles. The molecule has 0 unspecified atom stereocenters. The number of carbonyl (C=O) groups is 1. The molecule has 1 aliphatic heterocycles. The lowest BCUT2D eigenvalue weighted by Crippen LogP contribution is -2.45. The molecule has 0 spiro atoms. The lowest BCUT2D eigenvalue weighted by Gasteiger charge is -2.34. The summed E-state index contributed by atoms with van der Waals surface area (Å²) in [5.41, 5.74) is 2.91. The number of carbonyl (C=O) groups excluding carboxylic acids is 1. The van der Waals surface area contributed by atoms with Crippen molar-refractivity contribution in [2.45, 2.75) is 6.92 Å². The number of pyridine rings is 3. The highest BCUT2D eigenvalue weighted by atomic mass is 16.1. The number of aromatic nitrogens is 3. The minimum atomic E-state index is -0.276. The Morgan fingerprint density at radius 2 is 1.81 bits per heavy atom. The molecule has 3 aromatic heterocycles. The molecule has 7 nitrogen and oxygen atoms in total. The van der Waals surface area contributed by atoms with Gasteiger partial charge in [-0.15, -0.1) is 0 Å². The number of piperazine rings is 1. The van der Waals surface area contributed by atoms with Gasteiger partial charge < -0.3 is 15.1 Å². The lowest BCUT2D eigenvalue weighted by atomic mass is 10.2. The molecule has 3 aromatic rings. The SMILES string of the molecule is Cc1ccc(NC(=O)c2ccc3ncccc3n2)nc1N1CCN(C)CC1. The fraction of sp³-hybridized carbons (Fsp3) is 0.300. The molecule has 1 amide bonds. The van der Waals surface area contributed by atoms with Crippen LogP contribution in [0.3, 0.4) is 0 Å². The second-order valence-electron chi connectivity index (χ2n) is 6.82. The van der Waals surface area contributed by atoms with Crippen molar-refractivity contribution in [1.29, 1.82) is 0 Å². The summed E-state index contributed by atoms with van der Waals surface area (Å²) >= 11 is 0. The lowest BCUT2D eigenvalue weighted by molar-refractivity contribution is 0.102. The van der Waals surface area contributed by atoms with E-state index in [1.807, 2.05) is 25.1 Å². The maximum atomic E-state index is 12.6. The first-order chi connectivity index (χ1) is 13.1. The van der Waals surface area contributed by atoms with Crippen LogP contribution in [0.4, 0.5) is 11.6 Å². The summed E-state index contributed by atoms with van der Waals surface area (Å²) in [4.78, 5) is 30.5. The summed E-state index contributed by atoms with van der Waals surface area (Å²) in [6.07, 6.45) is 1.71. The number of amides is 1. The maximum Gasteiger partial charge on any atom is 0.275 e. The number of hydrogen-bond donors (Lipinski definition) is 1. The van der Waals surface area contributed by atoms with Gasteiger partial charge in [0, 0.05) is 32.4 Å². The van der Waals surface area contributed by atoms with Gasteiger partial charge in [-0.05, 0) is 49.9 Å². The van der Waals surface area contributed by atoms with Gasteiger partial charge in [0.15, 0.2) is 0 Å². The molecule has 27 heavy (non-hydrogen) atoms. The van der Waals surface area contributed by atoms with Crippen LogP contribution < -0.4 is 10.2 Å². The molecule has 138 valence electrons. The van der Waals surface area contributed by atoms with E-state index >= 15 is 0 Å². The van der Waals surface area contributed by atoms with Crippen LogP contribution in [0, 0.1) is 6.92 Å². The average Bonchev–Trinajstić information content (AvgIpc) is 2.70. The second kappa shape index (κ2) is 7.28. The Kier molecular flexibility index (Phi) is 4.68. The van der Waals surface area contributed by atoms with Crippen LogP contribution in [0.2, 0.25) is 0 Å². The summed E-state index contributed by atoms with van der Waals surface area (Å²) in [7, 11) is 2.13.